The largest absolute Gasteiger partial charge is 0.296 e. The molecule has 0 aliphatic carbocycles. The van der Waals surface area contributed by atoms with Gasteiger partial charge >= 0.3 is 0 Å². The van der Waals surface area contributed by atoms with E-state index in [0.717, 1.165) is 73.9 Å². The van der Waals surface area contributed by atoms with Crippen LogP contribution in [-0.2, 0) is 24.8 Å². The Morgan fingerprint density at radius 3 is 2.67 bits per heavy atom. The first-order valence-electron chi connectivity index (χ1n) is 11.2. The Bertz CT molecular complexity index is 934. The summed E-state index contributed by atoms with van der Waals surface area (Å²) in [5.74, 6) is 2.48. The average molecular weight is 411 g/mol. The zero-order valence-electron chi connectivity index (χ0n) is 19.0. The van der Waals surface area contributed by atoms with Gasteiger partial charge in [-0.1, -0.05) is 13.8 Å². The molecule has 0 spiro atoms. The molecule has 2 aromatic rings. The Balaban J connectivity index is 1.63. The Morgan fingerprint density at radius 2 is 1.97 bits per heavy atom. The minimum atomic E-state index is 0.192. The molecule has 1 atom stereocenters. The Labute approximate surface area is 179 Å². The SMILES string of the molecule is Cc1nn(C)cc1CN1CCC[C@H]1c1nc(C)c2c(n1)N(CCC(C)C)C(=O)CC2. The maximum Gasteiger partial charge on any atom is 0.228 e. The maximum absolute atomic E-state index is 12.7. The molecule has 0 saturated carbocycles. The summed E-state index contributed by atoms with van der Waals surface area (Å²) in [6.07, 6.45) is 6.60. The van der Waals surface area contributed by atoms with Gasteiger partial charge in [-0.05, 0) is 52.0 Å². The second-order valence-electron chi connectivity index (χ2n) is 9.24. The Morgan fingerprint density at radius 1 is 1.17 bits per heavy atom. The first kappa shape index (κ1) is 21.0. The standard InChI is InChI=1S/C23H34N6O/c1-15(2)10-12-29-21(30)9-8-19-17(4)24-22(25-23(19)29)20-7-6-11-28(20)14-18-13-27(5)26-16(18)3/h13,15,20H,6-12,14H2,1-5H3/t20-/m0/s1. The maximum atomic E-state index is 12.7. The minimum Gasteiger partial charge on any atom is -0.296 e. The summed E-state index contributed by atoms with van der Waals surface area (Å²) < 4.78 is 1.88. The minimum absolute atomic E-state index is 0.192. The van der Waals surface area contributed by atoms with Crippen molar-refractivity contribution < 1.29 is 4.79 Å². The monoisotopic (exact) mass is 410 g/mol. The van der Waals surface area contributed by atoms with E-state index in [0.29, 0.717) is 12.3 Å². The van der Waals surface area contributed by atoms with Crippen LogP contribution in [0.1, 0.15) is 73.9 Å². The van der Waals surface area contributed by atoms with Crippen LogP contribution < -0.4 is 4.90 Å². The van der Waals surface area contributed by atoms with Crippen molar-refractivity contribution in [1.29, 1.82) is 0 Å². The molecule has 0 radical (unpaired) electrons. The van der Waals surface area contributed by atoms with Crippen molar-refractivity contribution in [2.75, 3.05) is 18.0 Å². The number of amides is 1. The van der Waals surface area contributed by atoms with E-state index in [4.69, 9.17) is 9.97 Å². The number of carbonyl (C=O) groups excluding carboxylic acids is 1. The number of hydrogen-bond acceptors (Lipinski definition) is 5. The van der Waals surface area contributed by atoms with Crippen molar-refractivity contribution in [3.63, 3.8) is 0 Å². The molecule has 7 nitrogen and oxygen atoms in total. The van der Waals surface area contributed by atoms with Crippen LogP contribution in [0, 0.1) is 19.8 Å². The van der Waals surface area contributed by atoms with Crippen LogP contribution in [0.3, 0.4) is 0 Å². The van der Waals surface area contributed by atoms with E-state index >= 15 is 0 Å². The van der Waals surface area contributed by atoms with Crippen LogP contribution in [0.25, 0.3) is 0 Å². The van der Waals surface area contributed by atoms with E-state index in [2.05, 4.69) is 43.9 Å². The summed E-state index contributed by atoms with van der Waals surface area (Å²) in [6.45, 7) is 11.2. The number of rotatable bonds is 6. The third kappa shape index (κ3) is 4.13. The second-order valence-corrected chi connectivity index (χ2v) is 9.24. The van der Waals surface area contributed by atoms with Crippen molar-refractivity contribution in [2.45, 2.75) is 72.4 Å². The molecule has 0 N–H and O–H groups in total. The summed E-state index contributed by atoms with van der Waals surface area (Å²) in [7, 11) is 1.97. The van der Waals surface area contributed by atoms with Crippen LogP contribution >= 0.6 is 0 Å². The highest BCUT2D eigenvalue weighted by atomic mass is 16.2. The summed E-state index contributed by atoms with van der Waals surface area (Å²) in [6, 6.07) is 0.192. The van der Waals surface area contributed by atoms with Crippen molar-refractivity contribution >= 4 is 11.7 Å². The van der Waals surface area contributed by atoms with Gasteiger partial charge in [-0.2, -0.15) is 5.10 Å². The van der Waals surface area contributed by atoms with Gasteiger partial charge < -0.3 is 0 Å². The van der Waals surface area contributed by atoms with Gasteiger partial charge in [-0.3, -0.25) is 19.3 Å². The highest BCUT2D eigenvalue weighted by molar-refractivity contribution is 5.95. The number of hydrogen-bond donors (Lipinski definition) is 0. The van der Waals surface area contributed by atoms with E-state index in [1.807, 2.05) is 16.6 Å². The predicted octanol–water partition coefficient (Wildman–Crippen LogP) is 3.49. The van der Waals surface area contributed by atoms with Crippen LogP contribution in [0.2, 0.25) is 0 Å². The van der Waals surface area contributed by atoms with Crippen LogP contribution in [0.15, 0.2) is 6.20 Å². The fourth-order valence-electron chi connectivity index (χ4n) is 4.70. The van der Waals surface area contributed by atoms with Crippen LogP contribution in [0.5, 0.6) is 0 Å². The lowest BCUT2D eigenvalue weighted by molar-refractivity contribution is -0.119. The van der Waals surface area contributed by atoms with E-state index in [-0.39, 0.29) is 11.9 Å². The molecule has 1 saturated heterocycles. The molecule has 0 bridgehead atoms. The van der Waals surface area contributed by atoms with Gasteiger partial charge in [-0.15, -0.1) is 0 Å². The highest BCUT2D eigenvalue weighted by Gasteiger charge is 2.33. The molecule has 2 aliphatic rings. The molecule has 4 heterocycles. The smallest absolute Gasteiger partial charge is 0.228 e. The number of nitrogens with zero attached hydrogens (tertiary/aromatic N) is 6. The van der Waals surface area contributed by atoms with Crippen LogP contribution in [-0.4, -0.2) is 43.6 Å². The Kier molecular flexibility index (Phi) is 5.91. The van der Waals surface area contributed by atoms with Crippen molar-refractivity contribution in [3.05, 3.63) is 34.5 Å². The molecule has 1 fully saturated rings. The third-order valence-corrected chi connectivity index (χ3v) is 6.44. The molecule has 0 aromatic carbocycles. The number of anilines is 1. The lowest BCUT2D eigenvalue weighted by Gasteiger charge is -2.31. The first-order valence-corrected chi connectivity index (χ1v) is 11.2. The van der Waals surface area contributed by atoms with Gasteiger partial charge in [0, 0.05) is 49.6 Å². The normalized spacial score (nSPS) is 19.7. The number of likely N-dealkylation sites (tertiary alicyclic amines) is 1. The fraction of sp³-hybridized carbons (Fsp3) is 0.652. The van der Waals surface area contributed by atoms with E-state index < -0.39 is 0 Å². The third-order valence-electron chi connectivity index (χ3n) is 6.44. The summed E-state index contributed by atoms with van der Waals surface area (Å²) in [5, 5.41) is 4.49. The lowest BCUT2D eigenvalue weighted by Crippen LogP contribution is -2.38. The molecular formula is C23H34N6O. The van der Waals surface area contributed by atoms with Gasteiger partial charge in [0.1, 0.15) is 11.6 Å². The predicted molar refractivity (Wildman–Crippen MR) is 117 cm³/mol. The topological polar surface area (TPSA) is 67.2 Å². The summed E-state index contributed by atoms with van der Waals surface area (Å²) in [4.78, 5) is 27.0. The molecular weight excluding hydrogens is 376 g/mol. The number of carbonyl (C=O) groups is 1. The van der Waals surface area contributed by atoms with Crippen molar-refractivity contribution in [3.8, 4) is 0 Å². The van der Waals surface area contributed by atoms with E-state index in [1.165, 1.54) is 5.56 Å². The van der Waals surface area contributed by atoms with E-state index in [9.17, 15) is 4.79 Å². The molecule has 2 aromatic heterocycles. The molecule has 4 rings (SSSR count). The Hall–Kier alpha value is -2.28. The lowest BCUT2D eigenvalue weighted by atomic mass is 10.0. The van der Waals surface area contributed by atoms with Gasteiger partial charge in [0.05, 0.1) is 11.7 Å². The van der Waals surface area contributed by atoms with Crippen molar-refractivity contribution in [2.24, 2.45) is 13.0 Å². The summed E-state index contributed by atoms with van der Waals surface area (Å²) >= 11 is 0. The fourth-order valence-corrected chi connectivity index (χ4v) is 4.70. The quantitative estimate of drug-likeness (QED) is 0.729. The molecule has 2 aliphatic heterocycles. The van der Waals surface area contributed by atoms with E-state index in [1.54, 1.807) is 0 Å². The molecule has 162 valence electrons. The van der Waals surface area contributed by atoms with Crippen molar-refractivity contribution in [1.82, 2.24) is 24.6 Å². The van der Waals surface area contributed by atoms with Gasteiger partial charge in [0.25, 0.3) is 0 Å². The average Bonchev–Trinajstić information content (AvgIpc) is 3.26. The van der Waals surface area contributed by atoms with Gasteiger partial charge in [0.2, 0.25) is 5.91 Å². The second kappa shape index (κ2) is 8.46. The molecule has 30 heavy (non-hydrogen) atoms. The van der Waals surface area contributed by atoms with Gasteiger partial charge in [-0.25, -0.2) is 9.97 Å². The number of aromatic nitrogens is 4. The number of fused-ring (bicyclic) bond motifs is 1. The molecule has 7 heteroatoms. The highest BCUT2D eigenvalue weighted by Crippen LogP contribution is 2.35. The first-order chi connectivity index (χ1) is 14.3. The van der Waals surface area contributed by atoms with Gasteiger partial charge in [0.15, 0.2) is 0 Å². The van der Waals surface area contributed by atoms with Crippen LogP contribution in [0.4, 0.5) is 5.82 Å². The number of aryl methyl sites for hydroxylation is 3. The molecule has 0 unspecified atom stereocenters. The molecule has 1 amide bonds. The summed E-state index contributed by atoms with van der Waals surface area (Å²) in [5.41, 5.74) is 4.51. The zero-order valence-corrected chi connectivity index (χ0v) is 19.0. The zero-order chi connectivity index (χ0) is 21.4.